The lowest BCUT2D eigenvalue weighted by Crippen LogP contribution is -2.64. The van der Waals surface area contributed by atoms with E-state index in [9.17, 15) is 9.59 Å². The molecule has 2 atom stereocenters. The van der Waals surface area contributed by atoms with E-state index in [0.29, 0.717) is 19.0 Å². The third-order valence-corrected chi connectivity index (χ3v) is 5.11. The maximum absolute atomic E-state index is 12.6. The zero-order valence-corrected chi connectivity index (χ0v) is 15.9. The van der Waals surface area contributed by atoms with Crippen LogP contribution in [0.3, 0.4) is 0 Å². The summed E-state index contributed by atoms with van der Waals surface area (Å²) < 4.78 is 0. The summed E-state index contributed by atoms with van der Waals surface area (Å²) in [6, 6.07) is 17.2. The number of aryl methyl sites for hydroxylation is 1. The van der Waals surface area contributed by atoms with Gasteiger partial charge in [-0.15, -0.1) is 0 Å². The average Bonchev–Trinajstić information content (AvgIpc) is 3.04. The summed E-state index contributed by atoms with van der Waals surface area (Å²) in [5.41, 5.74) is 3.32. The molecule has 2 aliphatic rings. The number of benzene rings is 2. The zero-order valence-electron chi connectivity index (χ0n) is 15.9. The molecule has 0 spiro atoms. The Morgan fingerprint density at radius 2 is 1.79 bits per heavy atom. The second-order valence-electron chi connectivity index (χ2n) is 7.18. The lowest BCUT2D eigenvalue weighted by molar-refractivity contribution is -0.127. The van der Waals surface area contributed by atoms with Crippen LogP contribution >= 0.6 is 0 Å². The van der Waals surface area contributed by atoms with E-state index < -0.39 is 18.2 Å². The van der Waals surface area contributed by atoms with Gasteiger partial charge < -0.3 is 15.1 Å². The highest BCUT2D eigenvalue weighted by Crippen LogP contribution is 2.23. The van der Waals surface area contributed by atoms with Crippen LogP contribution in [0.25, 0.3) is 0 Å². The van der Waals surface area contributed by atoms with Crippen LogP contribution in [0.15, 0.2) is 59.6 Å². The van der Waals surface area contributed by atoms with E-state index in [1.54, 1.807) is 7.05 Å². The number of nitrogens with one attached hydrogen (secondary N) is 2. The van der Waals surface area contributed by atoms with Crippen LogP contribution in [-0.2, 0) is 17.9 Å². The van der Waals surface area contributed by atoms with Gasteiger partial charge >= 0.3 is 6.03 Å². The molecule has 2 aromatic carbocycles. The standard InChI is InChI=1S/C21H23N5O2/c1-14-7-6-10-16(11-14)13-26-17-18(25(2)21(28)24-19(17)27)23-20(26)22-12-15-8-4-3-5-9-15/h3-11,17-18H,12-13H2,1-2H3,(H,22,23)(H,24,27,28). The molecule has 0 radical (unpaired) electrons. The molecule has 0 bridgehead atoms. The van der Waals surface area contributed by atoms with E-state index in [0.717, 1.165) is 16.7 Å². The Morgan fingerprint density at radius 3 is 2.54 bits per heavy atom. The van der Waals surface area contributed by atoms with Crippen molar-refractivity contribution in [3.63, 3.8) is 0 Å². The summed E-state index contributed by atoms with van der Waals surface area (Å²) >= 11 is 0. The summed E-state index contributed by atoms with van der Waals surface area (Å²) in [5.74, 6) is 0.315. The van der Waals surface area contributed by atoms with Crippen LogP contribution in [0.4, 0.5) is 4.79 Å². The van der Waals surface area contributed by atoms with Gasteiger partial charge in [0.15, 0.2) is 12.0 Å². The number of imide groups is 1. The van der Waals surface area contributed by atoms with E-state index in [-0.39, 0.29) is 5.91 Å². The Balaban J connectivity index is 1.66. The molecule has 2 heterocycles. The molecular formula is C21H23N5O2. The second kappa shape index (κ2) is 7.34. The van der Waals surface area contributed by atoms with Crippen molar-refractivity contribution >= 4 is 17.9 Å². The molecule has 2 aromatic rings. The SMILES string of the molecule is Cc1cccc(CN2C(=NCc3ccccc3)NC3C2C(=O)NC(=O)N3C)c1. The monoisotopic (exact) mass is 377 g/mol. The van der Waals surface area contributed by atoms with Gasteiger partial charge in [0.25, 0.3) is 5.91 Å². The maximum Gasteiger partial charge on any atom is 0.325 e. The largest absolute Gasteiger partial charge is 0.333 e. The van der Waals surface area contributed by atoms with Crippen molar-refractivity contribution < 1.29 is 9.59 Å². The van der Waals surface area contributed by atoms with Crippen molar-refractivity contribution in [1.29, 1.82) is 0 Å². The smallest absolute Gasteiger partial charge is 0.325 e. The van der Waals surface area contributed by atoms with Crippen LogP contribution in [-0.4, -0.2) is 47.0 Å². The van der Waals surface area contributed by atoms with Gasteiger partial charge in [-0.25, -0.2) is 9.79 Å². The first-order valence-electron chi connectivity index (χ1n) is 9.27. The molecule has 2 aliphatic heterocycles. The molecule has 7 heteroatoms. The van der Waals surface area contributed by atoms with Crippen LogP contribution < -0.4 is 10.6 Å². The summed E-state index contributed by atoms with van der Waals surface area (Å²) in [6.07, 6.45) is -0.444. The van der Waals surface area contributed by atoms with Crippen LogP contribution in [0.1, 0.15) is 16.7 Å². The van der Waals surface area contributed by atoms with Crippen molar-refractivity contribution in [1.82, 2.24) is 20.4 Å². The van der Waals surface area contributed by atoms with Crippen molar-refractivity contribution in [2.24, 2.45) is 4.99 Å². The summed E-state index contributed by atoms with van der Waals surface area (Å²) in [6.45, 7) is 3.06. The molecule has 0 saturated carbocycles. The van der Waals surface area contributed by atoms with E-state index in [2.05, 4.69) is 16.7 Å². The van der Waals surface area contributed by atoms with Gasteiger partial charge in [-0.1, -0.05) is 60.2 Å². The van der Waals surface area contributed by atoms with Crippen LogP contribution in [0, 0.1) is 6.92 Å². The molecule has 144 valence electrons. The molecule has 2 unspecified atom stereocenters. The Labute approximate surface area is 164 Å². The van der Waals surface area contributed by atoms with Crippen molar-refractivity contribution in [2.45, 2.75) is 32.2 Å². The zero-order chi connectivity index (χ0) is 19.7. The van der Waals surface area contributed by atoms with Gasteiger partial charge in [-0.05, 0) is 18.1 Å². The molecule has 4 rings (SSSR count). The minimum absolute atomic E-state index is 0.307. The number of fused-ring (bicyclic) bond motifs is 1. The lowest BCUT2D eigenvalue weighted by atomic mass is 10.1. The molecule has 0 aliphatic carbocycles. The fourth-order valence-electron chi connectivity index (χ4n) is 3.65. The predicted octanol–water partition coefficient (Wildman–Crippen LogP) is 1.83. The number of amides is 3. The molecule has 2 N–H and O–H groups in total. The number of aliphatic imine (C=N–C) groups is 1. The quantitative estimate of drug-likeness (QED) is 0.852. The third-order valence-electron chi connectivity index (χ3n) is 5.11. The van der Waals surface area contributed by atoms with E-state index >= 15 is 0 Å². The number of likely N-dealkylation sites (N-methyl/N-ethyl adjacent to an activating group) is 1. The number of nitrogens with zero attached hydrogens (tertiary/aromatic N) is 3. The number of guanidine groups is 1. The summed E-state index contributed by atoms with van der Waals surface area (Å²) in [5, 5.41) is 5.71. The molecule has 7 nitrogen and oxygen atoms in total. The number of hydrogen-bond donors (Lipinski definition) is 2. The fourth-order valence-corrected chi connectivity index (χ4v) is 3.65. The highest BCUT2D eigenvalue weighted by Gasteiger charge is 2.49. The summed E-state index contributed by atoms with van der Waals surface area (Å²) in [4.78, 5) is 32.8. The van der Waals surface area contributed by atoms with Gasteiger partial charge in [-0.2, -0.15) is 0 Å². The van der Waals surface area contributed by atoms with Crippen molar-refractivity contribution in [2.75, 3.05) is 7.05 Å². The summed E-state index contributed by atoms with van der Waals surface area (Å²) in [7, 11) is 1.68. The highest BCUT2D eigenvalue weighted by atomic mass is 16.2. The van der Waals surface area contributed by atoms with Gasteiger partial charge in [0, 0.05) is 13.6 Å². The Morgan fingerprint density at radius 1 is 1.04 bits per heavy atom. The minimum atomic E-state index is -0.530. The Bertz CT molecular complexity index is 927. The first-order chi connectivity index (χ1) is 13.5. The first-order valence-corrected chi connectivity index (χ1v) is 9.27. The molecule has 28 heavy (non-hydrogen) atoms. The topological polar surface area (TPSA) is 77.0 Å². The number of rotatable bonds is 4. The third kappa shape index (κ3) is 3.43. The molecule has 2 fully saturated rings. The molecular weight excluding hydrogens is 354 g/mol. The van der Waals surface area contributed by atoms with Crippen molar-refractivity contribution in [3.8, 4) is 0 Å². The van der Waals surface area contributed by atoms with Crippen LogP contribution in [0.5, 0.6) is 0 Å². The molecule has 0 aromatic heterocycles. The normalized spacial score (nSPS) is 22.9. The van der Waals surface area contributed by atoms with Crippen molar-refractivity contribution in [3.05, 3.63) is 71.3 Å². The number of carbonyl (C=O) groups is 2. The molecule has 2 saturated heterocycles. The maximum atomic E-state index is 12.6. The van der Waals surface area contributed by atoms with Crippen LogP contribution in [0.2, 0.25) is 0 Å². The first kappa shape index (κ1) is 18.0. The second-order valence-corrected chi connectivity index (χ2v) is 7.18. The van der Waals surface area contributed by atoms with Gasteiger partial charge in [0.1, 0.15) is 6.17 Å². The Kier molecular flexibility index (Phi) is 4.73. The highest BCUT2D eigenvalue weighted by molar-refractivity contribution is 6.04. The van der Waals surface area contributed by atoms with Gasteiger partial charge in [0.05, 0.1) is 6.54 Å². The number of urea groups is 1. The lowest BCUT2D eigenvalue weighted by Gasteiger charge is -2.35. The van der Waals surface area contributed by atoms with E-state index in [1.165, 1.54) is 4.90 Å². The van der Waals surface area contributed by atoms with E-state index in [1.807, 2.05) is 60.4 Å². The minimum Gasteiger partial charge on any atom is -0.333 e. The average molecular weight is 377 g/mol. The Hall–Kier alpha value is -3.35. The van der Waals surface area contributed by atoms with Gasteiger partial charge in [-0.3, -0.25) is 10.1 Å². The molecule has 3 amide bonds. The predicted molar refractivity (Wildman–Crippen MR) is 106 cm³/mol. The van der Waals surface area contributed by atoms with Gasteiger partial charge in [0.2, 0.25) is 0 Å². The number of carbonyl (C=O) groups excluding carboxylic acids is 2. The fraction of sp³-hybridized carbons (Fsp3) is 0.286. The number of hydrogen-bond acceptors (Lipinski definition) is 3. The van der Waals surface area contributed by atoms with E-state index in [4.69, 9.17) is 4.99 Å².